The molecule has 1 saturated carbocycles. The lowest BCUT2D eigenvalue weighted by Crippen LogP contribution is -2.35. The van der Waals surface area contributed by atoms with Gasteiger partial charge in [-0.2, -0.15) is 0 Å². The first-order valence-corrected chi connectivity index (χ1v) is 8.95. The van der Waals surface area contributed by atoms with E-state index in [1.807, 2.05) is 26.0 Å². The van der Waals surface area contributed by atoms with Gasteiger partial charge < -0.3 is 15.4 Å². The second-order valence-electron chi connectivity index (χ2n) is 6.33. The highest BCUT2D eigenvalue weighted by Gasteiger charge is 2.56. The Balaban J connectivity index is 1.75. The molecule has 0 heterocycles. The third kappa shape index (κ3) is 3.53. The van der Waals surface area contributed by atoms with Gasteiger partial charge in [-0.1, -0.05) is 29.8 Å². The molecular formula is C20H21ClN2O3. The highest BCUT2D eigenvalue weighted by atomic mass is 35.5. The Morgan fingerprint density at radius 3 is 2.31 bits per heavy atom. The quantitative estimate of drug-likeness (QED) is 0.738. The van der Waals surface area contributed by atoms with E-state index < -0.39 is 5.41 Å². The molecule has 6 heteroatoms. The predicted octanol–water partition coefficient (Wildman–Crippen LogP) is 4.40. The van der Waals surface area contributed by atoms with Crippen LogP contribution in [0.3, 0.4) is 0 Å². The number of carbonyl (C=O) groups excluding carboxylic acids is 2. The van der Waals surface area contributed by atoms with Crippen LogP contribution in [0.2, 0.25) is 5.02 Å². The van der Waals surface area contributed by atoms with E-state index >= 15 is 0 Å². The molecule has 3 rings (SSSR count). The maximum Gasteiger partial charge on any atom is 0.240 e. The molecule has 2 aromatic rings. The number of nitrogens with one attached hydrogen (secondary N) is 2. The molecular weight excluding hydrogens is 352 g/mol. The van der Waals surface area contributed by atoms with Gasteiger partial charge in [0.2, 0.25) is 11.8 Å². The summed E-state index contributed by atoms with van der Waals surface area (Å²) in [5.74, 6) is -0.0404. The zero-order valence-electron chi connectivity index (χ0n) is 14.8. The van der Waals surface area contributed by atoms with Crippen LogP contribution in [0, 0.1) is 12.3 Å². The molecule has 2 N–H and O–H groups in total. The molecule has 2 amide bonds. The van der Waals surface area contributed by atoms with E-state index in [-0.39, 0.29) is 11.8 Å². The molecule has 0 bridgehead atoms. The van der Waals surface area contributed by atoms with Crippen molar-refractivity contribution in [3.05, 3.63) is 53.1 Å². The monoisotopic (exact) mass is 372 g/mol. The standard InChI is InChI=1S/C20H21ClN2O3/c1-3-26-17-10-5-4-8-16(17)23-19(25)20(11-12-20)18(24)22-15-9-6-7-14(21)13(15)2/h4-10H,3,11-12H2,1-2H3,(H,22,24)(H,23,25). The summed E-state index contributed by atoms with van der Waals surface area (Å²) in [6.45, 7) is 4.20. The lowest BCUT2D eigenvalue weighted by Gasteiger charge is -2.18. The summed E-state index contributed by atoms with van der Waals surface area (Å²) in [5.41, 5.74) is 0.919. The third-order valence-corrected chi connectivity index (χ3v) is 4.98. The van der Waals surface area contributed by atoms with Gasteiger partial charge in [0, 0.05) is 10.7 Å². The van der Waals surface area contributed by atoms with Crippen molar-refractivity contribution < 1.29 is 14.3 Å². The van der Waals surface area contributed by atoms with Crippen molar-refractivity contribution in [2.75, 3.05) is 17.2 Å². The lowest BCUT2D eigenvalue weighted by atomic mass is 10.0. The van der Waals surface area contributed by atoms with Crippen molar-refractivity contribution in [3.8, 4) is 5.75 Å². The molecule has 0 saturated heterocycles. The van der Waals surface area contributed by atoms with Crippen LogP contribution >= 0.6 is 11.6 Å². The number of para-hydroxylation sites is 2. The van der Waals surface area contributed by atoms with Crippen LogP contribution in [0.25, 0.3) is 0 Å². The van der Waals surface area contributed by atoms with Crippen LogP contribution < -0.4 is 15.4 Å². The van der Waals surface area contributed by atoms with E-state index in [1.165, 1.54) is 0 Å². The molecule has 0 unspecified atom stereocenters. The second kappa shape index (κ2) is 7.38. The van der Waals surface area contributed by atoms with Crippen molar-refractivity contribution >= 4 is 34.8 Å². The highest BCUT2D eigenvalue weighted by molar-refractivity contribution is 6.31. The van der Waals surface area contributed by atoms with E-state index in [9.17, 15) is 9.59 Å². The van der Waals surface area contributed by atoms with Crippen molar-refractivity contribution in [2.24, 2.45) is 5.41 Å². The largest absolute Gasteiger partial charge is 0.492 e. The minimum atomic E-state index is -1.05. The molecule has 1 aliphatic rings. The SMILES string of the molecule is CCOc1ccccc1NC(=O)C1(C(=O)Nc2cccc(Cl)c2C)CC1. The predicted molar refractivity (Wildman–Crippen MR) is 103 cm³/mol. The van der Waals surface area contributed by atoms with E-state index in [2.05, 4.69) is 10.6 Å². The summed E-state index contributed by atoms with van der Waals surface area (Å²) >= 11 is 6.10. The summed E-state index contributed by atoms with van der Waals surface area (Å²) < 4.78 is 5.53. The average Bonchev–Trinajstić information content (AvgIpc) is 3.43. The van der Waals surface area contributed by atoms with E-state index in [1.54, 1.807) is 30.3 Å². The van der Waals surface area contributed by atoms with Crippen LogP contribution in [0.1, 0.15) is 25.3 Å². The molecule has 136 valence electrons. The minimum absolute atomic E-state index is 0.311. The molecule has 0 radical (unpaired) electrons. The number of ether oxygens (including phenoxy) is 1. The summed E-state index contributed by atoms with van der Waals surface area (Å²) in [4.78, 5) is 25.5. The van der Waals surface area contributed by atoms with Crippen molar-refractivity contribution in [1.29, 1.82) is 0 Å². The van der Waals surface area contributed by atoms with Gasteiger partial charge in [-0.3, -0.25) is 9.59 Å². The first-order chi connectivity index (χ1) is 12.5. The zero-order valence-corrected chi connectivity index (χ0v) is 15.5. The smallest absolute Gasteiger partial charge is 0.240 e. The van der Waals surface area contributed by atoms with Crippen LogP contribution in [0.5, 0.6) is 5.75 Å². The van der Waals surface area contributed by atoms with Crippen LogP contribution in [-0.2, 0) is 9.59 Å². The molecule has 26 heavy (non-hydrogen) atoms. The molecule has 0 aromatic heterocycles. The molecule has 0 atom stereocenters. The number of amides is 2. The van der Waals surface area contributed by atoms with Gasteiger partial charge in [0.1, 0.15) is 11.2 Å². The van der Waals surface area contributed by atoms with Crippen molar-refractivity contribution in [3.63, 3.8) is 0 Å². The number of rotatable bonds is 6. The molecule has 1 aliphatic carbocycles. The van der Waals surface area contributed by atoms with Gasteiger partial charge in [-0.05, 0) is 56.5 Å². The Morgan fingerprint density at radius 1 is 1.04 bits per heavy atom. The first kappa shape index (κ1) is 18.3. The summed E-state index contributed by atoms with van der Waals surface area (Å²) in [6, 6.07) is 12.5. The number of hydrogen-bond donors (Lipinski definition) is 2. The van der Waals surface area contributed by atoms with Gasteiger partial charge in [0.05, 0.1) is 12.3 Å². The Bertz CT molecular complexity index is 847. The van der Waals surface area contributed by atoms with E-state index in [4.69, 9.17) is 16.3 Å². The fourth-order valence-corrected chi connectivity index (χ4v) is 2.93. The fourth-order valence-electron chi connectivity index (χ4n) is 2.76. The molecule has 5 nitrogen and oxygen atoms in total. The van der Waals surface area contributed by atoms with Crippen molar-refractivity contribution in [1.82, 2.24) is 0 Å². The second-order valence-corrected chi connectivity index (χ2v) is 6.74. The third-order valence-electron chi connectivity index (χ3n) is 4.57. The lowest BCUT2D eigenvalue weighted by molar-refractivity contribution is -0.131. The van der Waals surface area contributed by atoms with Crippen LogP contribution in [0.4, 0.5) is 11.4 Å². The van der Waals surface area contributed by atoms with Crippen LogP contribution in [-0.4, -0.2) is 18.4 Å². The number of halogens is 1. The fraction of sp³-hybridized carbons (Fsp3) is 0.300. The number of hydrogen-bond acceptors (Lipinski definition) is 3. The number of carbonyl (C=O) groups is 2. The van der Waals surface area contributed by atoms with Gasteiger partial charge in [-0.15, -0.1) is 0 Å². The topological polar surface area (TPSA) is 67.4 Å². The Morgan fingerprint density at radius 2 is 1.65 bits per heavy atom. The Kier molecular flexibility index (Phi) is 5.18. The maximum absolute atomic E-state index is 12.8. The minimum Gasteiger partial charge on any atom is -0.492 e. The Hall–Kier alpha value is -2.53. The maximum atomic E-state index is 12.8. The molecule has 2 aromatic carbocycles. The first-order valence-electron chi connectivity index (χ1n) is 8.58. The number of benzene rings is 2. The average molecular weight is 373 g/mol. The van der Waals surface area contributed by atoms with Gasteiger partial charge in [-0.25, -0.2) is 0 Å². The van der Waals surface area contributed by atoms with Gasteiger partial charge in [0.25, 0.3) is 0 Å². The summed E-state index contributed by atoms with van der Waals surface area (Å²) in [6.07, 6.45) is 1.03. The van der Waals surface area contributed by atoms with Crippen molar-refractivity contribution in [2.45, 2.75) is 26.7 Å². The van der Waals surface area contributed by atoms with E-state index in [0.717, 1.165) is 5.56 Å². The van der Waals surface area contributed by atoms with Crippen LogP contribution in [0.15, 0.2) is 42.5 Å². The molecule has 0 aliphatic heterocycles. The summed E-state index contributed by atoms with van der Waals surface area (Å²) in [5, 5.41) is 6.26. The van der Waals surface area contributed by atoms with E-state index in [0.29, 0.717) is 41.6 Å². The Labute approximate surface area is 157 Å². The summed E-state index contributed by atoms with van der Waals surface area (Å²) in [7, 11) is 0. The zero-order chi connectivity index (χ0) is 18.7. The van der Waals surface area contributed by atoms with Gasteiger partial charge >= 0.3 is 0 Å². The van der Waals surface area contributed by atoms with Gasteiger partial charge in [0.15, 0.2) is 0 Å². The molecule has 1 fully saturated rings. The highest BCUT2D eigenvalue weighted by Crippen LogP contribution is 2.48. The molecule has 0 spiro atoms. The number of anilines is 2. The normalized spacial score (nSPS) is 14.4.